The van der Waals surface area contributed by atoms with Crippen molar-refractivity contribution in [3.8, 4) is 0 Å². The molecule has 0 bridgehead atoms. The van der Waals surface area contributed by atoms with Crippen molar-refractivity contribution in [2.75, 3.05) is 29.5 Å². The van der Waals surface area contributed by atoms with Gasteiger partial charge in [-0.3, -0.25) is 0 Å². The number of pyridine rings is 1. The smallest absolute Gasteiger partial charge is 0.442 e. The van der Waals surface area contributed by atoms with Gasteiger partial charge in [-0.2, -0.15) is 0 Å². The van der Waals surface area contributed by atoms with Gasteiger partial charge >= 0.3 is 13.2 Å². The summed E-state index contributed by atoms with van der Waals surface area (Å²) in [5.41, 5.74) is -0.597. The van der Waals surface area contributed by atoms with Crippen LogP contribution >= 0.6 is 0 Å². The van der Waals surface area contributed by atoms with Crippen molar-refractivity contribution in [1.82, 2.24) is 4.98 Å². The summed E-state index contributed by atoms with van der Waals surface area (Å²) >= 11 is 0. The fraction of sp³-hybridized carbons (Fsp3) is 0.700. The van der Waals surface area contributed by atoms with E-state index in [1.165, 1.54) is 0 Å². The van der Waals surface area contributed by atoms with Crippen molar-refractivity contribution in [3.63, 3.8) is 0 Å². The van der Waals surface area contributed by atoms with Crippen molar-refractivity contribution in [3.05, 3.63) is 18.3 Å². The number of ether oxygens (including phenoxy) is 1. The van der Waals surface area contributed by atoms with Crippen LogP contribution in [0.25, 0.3) is 0 Å². The summed E-state index contributed by atoms with van der Waals surface area (Å²) in [6.45, 7) is 14.4. The van der Waals surface area contributed by atoms with Gasteiger partial charge < -0.3 is 18.9 Å². The number of amides is 1. The minimum absolute atomic E-state index is 0.299. The molecule has 0 unspecified atom stereocenters. The van der Waals surface area contributed by atoms with Gasteiger partial charge in [0.25, 0.3) is 0 Å². The molecule has 1 amide bonds. The van der Waals surface area contributed by atoms with E-state index < -0.39 is 39.7 Å². The van der Waals surface area contributed by atoms with E-state index in [-0.39, 0.29) is 0 Å². The van der Waals surface area contributed by atoms with Gasteiger partial charge in [0.05, 0.1) is 32.4 Å². The highest BCUT2D eigenvalue weighted by Crippen LogP contribution is 2.36. The molecule has 0 radical (unpaired) electrons. The lowest BCUT2D eigenvalue weighted by Crippen LogP contribution is -2.41. The second kappa shape index (κ2) is 7.80. The number of carbonyl (C=O) groups is 1. The normalized spacial score (nSPS) is 22.6. The highest BCUT2D eigenvalue weighted by Gasteiger charge is 2.51. The van der Waals surface area contributed by atoms with Gasteiger partial charge in [-0.1, -0.05) is 6.07 Å². The van der Waals surface area contributed by atoms with E-state index in [0.29, 0.717) is 24.6 Å². The summed E-state index contributed by atoms with van der Waals surface area (Å²) in [4.78, 5) is 18.5. The molecular formula is C20H32BN3O5S. The van der Waals surface area contributed by atoms with Gasteiger partial charge in [0, 0.05) is 24.7 Å². The van der Waals surface area contributed by atoms with Crippen LogP contribution in [0.2, 0.25) is 0 Å². The Labute approximate surface area is 180 Å². The molecule has 30 heavy (non-hydrogen) atoms. The maximum atomic E-state index is 12.9. The third kappa shape index (κ3) is 5.15. The van der Waals surface area contributed by atoms with Crippen LogP contribution in [0.3, 0.4) is 0 Å². The molecule has 166 valence electrons. The highest BCUT2D eigenvalue weighted by molar-refractivity contribution is 7.94. The summed E-state index contributed by atoms with van der Waals surface area (Å²) in [6.07, 6.45) is 1.000. The van der Waals surface area contributed by atoms with Crippen molar-refractivity contribution in [1.29, 1.82) is 0 Å². The Morgan fingerprint density at radius 3 is 2.20 bits per heavy atom. The fourth-order valence-corrected chi connectivity index (χ4v) is 4.87. The van der Waals surface area contributed by atoms with Crippen molar-refractivity contribution in [2.45, 2.75) is 65.3 Å². The van der Waals surface area contributed by atoms with Crippen LogP contribution in [0.1, 0.15) is 48.5 Å². The lowest BCUT2D eigenvalue weighted by atomic mass is 9.80. The zero-order chi connectivity index (χ0) is 22.4. The minimum Gasteiger partial charge on any atom is -0.442 e. The third-order valence-corrected chi connectivity index (χ3v) is 7.74. The summed E-state index contributed by atoms with van der Waals surface area (Å²) in [5.74, 6) is 1.38. The molecule has 1 aromatic heterocycles. The minimum atomic E-state index is -2.61. The van der Waals surface area contributed by atoms with Crippen molar-refractivity contribution in [2.24, 2.45) is 4.36 Å². The predicted molar refractivity (Wildman–Crippen MR) is 119 cm³/mol. The van der Waals surface area contributed by atoms with Crippen LogP contribution in [0.4, 0.5) is 10.6 Å². The molecule has 3 heterocycles. The first-order valence-electron chi connectivity index (χ1n) is 10.2. The first-order chi connectivity index (χ1) is 13.7. The largest absolute Gasteiger partial charge is 0.496 e. The molecule has 1 aromatic rings. The lowest BCUT2D eigenvalue weighted by molar-refractivity contribution is 0.00578. The molecule has 3 rings (SSSR count). The van der Waals surface area contributed by atoms with Crippen molar-refractivity contribution >= 4 is 34.2 Å². The van der Waals surface area contributed by atoms with Crippen LogP contribution in [0, 0.1) is 0 Å². The number of hydrogen-bond acceptors (Lipinski definition) is 7. The Bertz CT molecular complexity index is 887. The van der Waals surface area contributed by atoms with E-state index in [4.69, 9.17) is 14.0 Å². The van der Waals surface area contributed by atoms with Gasteiger partial charge in [0.15, 0.2) is 0 Å². The van der Waals surface area contributed by atoms with E-state index in [0.717, 1.165) is 11.3 Å². The molecule has 2 fully saturated rings. The lowest BCUT2D eigenvalue weighted by Gasteiger charge is -2.32. The SMILES string of the molecule is CC(C)(C)OC(=O)N=S1(=O)CCN(c2ccc(B3OC(C)(C)C(C)(C)O3)cn2)CC1. The number of carbonyl (C=O) groups excluding carboxylic acids is 1. The first-order valence-corrected chi connectivity index (χ1v) is 12.1. The fourth-order valence-electron chi connectivity index (χ4n) is 3.16. The standard InChI is InChI=1S/C20H32BN3O5S/c1-18(2,3)27-17(25)23-30(26)12-10-24(11-13-30)16-9-8-15(14-22-16)21-28-19(4,5)20(6,7)29-21/h8-9,14H,10-13H2,1-7H3. The molecule has 8 nitrogen and oxygen atoms in total. The zero-order valence-corrected chi connectivity index (χ0v) is 19.7. The maximum absolute atomic E-state index is 12.9. The topological polar surface area (TPSA) is 90.3 Å². The number of hydrogen-bond donors (Lipinski definition) is 0. The van der Waals surface area contributed by atoms with Crippen LogP contribution in [0.15, 0.2) is 22.7 Å². The van der Waals surface area contributed by atoms with Crippen LogP contribution in [-0.2, 0) is 23.8 Å². The summed E-state index contributed by atoms with van der Waals surface area (Å²) < 4.78 is 34.0. The van der Waals surface area contributed by atoms with Gasteiger partial charge in [0.1, 0.15) is 11.4 Å². The van der Waals surface area contributed by atoms with Crippen LogP contribution in [0.5, 0.6) is 0 Å². The van der Waals surface area contributed by atoms with Gasteiger partial charge in [0.2, 0.25) is 0 Å². The van der Waals surface area contributed by atoms with Gasteiger partial charge in [-0.05, 0) is 54.5 Å². The van der Waals surface area contributed by atoms with Crippen LogP contribution < -0.4 is 10.4 Å². The van der Waals surface area contributed by atoms with E-state index in [1.807, 2.05) is 44.7 Å². The van der Waals surface area contributed by atoms with Crippen LogP contribution in [-0.4, -0.2) is 63.8 Å². The van der Waals surface area contributed by atoms with Gasteiger partial charge in [-0.25, -0.2) is 14.0 Å². The predicted octanol–water partition coefficient (Wildman–Crippen LogP) is 2.60. The molecule has 0 aromatic carbocycles. The summed E-state index contributed by atoms with van der Waals surface area (Å²) in [5, 5.41) is 0. The average Bonchev–Trinajstić information content (AvgIpc) is 2.81. The molecule has 0 atom stereocenters. The summed E-state index contributed by atoms with van der Waals surface area (Å²) in [6, 6.07) is 3.86. The van der Waals surface area contributed by atoms with E-state index in [2.05, 4.69) is 9.35 Å². The Morgan fingerprint density at radius 1 is 1.17 bits per heavy atom. The second-order valence-corrected chi connectivity index (χ2v) is 12.3. The molecule has 2 saturated heterocycles. The highest BCUT2D eigenvalue weighted by atomic mass is 32.2. The molecule has 0 N–H and O–H groups in total. The maximum Gasteiger partial charge on any atom is 0.496 e. The van der Waals surface area contributed by atoms with E-state index in [1.54, 1.807) is 27.0 Å². The first kappa shape index (κ1) is 23.0. The number of nitrogens with zero attached hydrogens (tertiary/aromatic N) is 3. The van der Waals surface area contributed by atoms with Crippen molar-refractivity contribution < 1.29 is 23.0 Å². The number of rotatable bonds is 2. The number of aromatic nitrogens is 1. The number of anilines is 1. The Hall–Kier alpha value is -1.65. The Kier molecular flexibility index (Phi) is 5.99. The molecule has 2 aliphatic rings. The monoisotopic (exact) mass is 437 g/mol. The summed E-state index contributed by atoms with van der Waals surface area (Å²) in [7, 11) is -3.06. The Morgan fingerprint density at radius 2 is 1.73 bits per heavy atom. The second-order valence-electron chi connectivity index (χ2n) is 9.78. The average molecular weight is 437 g/mol. The zero-order valence-electron chi connectivity index (χ0n) is 18.9. The van der Waals surface area contributed by atoms with E-state index >= 15 is 0 Å². The molecule has 10 heteroatoms. The third-order valence-electron chi connectivity index (χ3n) is 5.61. The molecular weight excluding hydrogens is 405 g/mol. The van der Waals surface area contributed by atoms with Gasteiger partial charge in [-0.15, -0.1) is 4.36 Å². The quantitative estimate of drug-likeness (QED) is 0.657. The molecule has 0 aliphatic carbocycles. The Balaban J connectivity index is 1.63. The molecule has 0 spiro atoms. The molecule has 2 aliphatic heterocycles. The molecule has 0 saturated carbocycles. The van der Waals surface area contributed by atoms with E-state index in [9.17, 15) is 9.00 Å².